The van der Waals surface area contributed by atoms with Gasteiger partial charge in [0.15, 0.2) is 0 Å². The molecule has 0 saturated carbocycles. The van der Waals surface area contributed by atoms with Gasteiger partial charge in [-0.25, -0.2) is 0 Å². The molecule has 0 bridgehead atoms. The number of nitrogens with two attached hydrogens (primary N) is 1. The van der Waals surface area contributed by atoms with Crippen molar-refractivity contribution in [2.45, 2.75) is 19.8 Å². The van der Waals surface area contributed by atoms with Crippen LogP contribution in [0.2, 0.25) is 0 Å². The molecular formula is C14H23N3O2S. The van der Waals surface area contributed by atoms with Gasteiger partial charge in [-0.3, -0.25) is 4.31 Å². The molecule has 2 N–H and O–H groups in total. The van der Waals surface area contributed by atoms with Crippen molar-refractivity contribution in [2.24, 2.45) is 11.7 Å². The Balaban J connectivity index is 2.32. The van der Waals surface area contributed by atoms with E-state index < -0.39 is 10.2 Å². The quantitative estimate of drug-likeness (QED) is 0.888. The van der Waals surface area contributed by atoms with Crippen LogP contribution in [0.5, 0.6) is 0 Å². The molecule has 6 heteroatoms. The van der Waals surface area contributed by atoms with E-state index in [0.717, 1.165) is 17.7 Å². The molecule has 0 aliphatic carbocycles. The van der Waals surface area contributed by atoms with Crippen molar-refractivity contribution in [3.63, 3.8) is 0 Å². The molecule has 0 spiro atoms. The Morgan fingerprint density at radius 1 is 1.40 bits per heavy atom. The zero-order valence-corrected chi connectivity index (χ0v) is 12.9. The van der Waals surface area contributed by atoms with Crippen LogP contribution in [0, 0.1) is 5.92 Å². The van der Waals surface area contributed by atoms with Crippen LogP contribution in [-0.2, 0) is 16.6 Å². The van der Waals surface area contributed by atoms with Gasteiger partial charge >= 0.3 is 10.2 Å². The number of fused-ring (bicyclic) bond motifs is 1. The number of hydrogen-bond acceptors (Lipinski definition) is 3. The van der Waals surface area contributed by atoms with E-state index in [1.165, 1.54) is 8.61 Å². The van der Waals surface area contributed by atoms with Gasteiger partial charge in [0.2, 0.25) is 0 Å². The third-order valence-corrected chi connectivity index (χ3v) is 5.53. The molecule has 1 aliphatic heterocycles. The molecule has 112 valence electrons. The topological polar surface area (TPSA) is 66.6 Å². The highest BCUT2D eigenvalue weighted by Gasteiger charge is 2.32. The number of anilines is 1. The van der Waals surface area contributed by atoms with E-state index in [0.29, 0.717) is 32.0 Å². The van der Waals surface area contributed by atoms with E-state index in [1.54, 1.807) is 7.05 Å². The van der Waals surface area contributed by atoms with Crippen molar-refractivity contribution in [1.82, 2.24) is 4.31 Å². The summed E-state index contributed by atoms with van der Waals surface area (Å²) in [5.74, 6) is 0.322. The number of para-hydroxylation sites is 1. The summed E-state index contributed by atoms with van der Waals surface area (Å²) in [6.07, 6.45) is 1.59. The Labute approximate surface area is 121 Å². The smallest absolute Gasteiger partial charge is 0.303 e. The second-order valence-corrected chi connectivity index (χ2v) is 7.40. The lowest BCUT2D eigenvalue weighted by atomic mass is 9.96. The first-order valence-corrected chi connectivity index (χ1v) is 8.38. The monoisotopic (exact) mass is 297 g/mol. The van der Waals surface area contributed by atoms with Crippen molar-refractivity contribution in [1.29, 1.82) is 0 Å². The first-order valence-electron chi connectivity index (χ1n) is 6.98. The average Bonchev–Trinajstić information content (AvgIpc) is 2.43. The lowest BCUT2D eigenvalue weighted by Gasteiger charge is -2.36. The van der Waals surface area contributed by atoms with Crippen LogP contribution in [0.25, 0.3) is 0 Å². The maximum Gasteiger partial charge on any atom is 0.303 e. The van der Waals surface area contributed by atoms with Gasteiger partial charge in [-0.1, -0.05) is 25.1 Å². The molecule has 5 nitrogen and oxygen atoms in total. The molecule has 0 amide bonds. The molecule has 0 radical (unpaired) electrons. The van der Waals surface area contributed by atoms with Crippen LogP contribution < -0.4 is 10.0 Å². The van der Waals surface area contributed by atoms with Gasteiger partial charge in [-0.2, -0.15) is 12.7 Å². The lowest BCUT2D eigenvalue weighted by molar-refractivity contribution is 0.451. The third-order valence-electron chi connectivity index (χ3n) is 3.66. The second-order valence-electron chi connectivity index (χ2n) is 5.44. The van der Waals surface area contributed by atoms with Gasteiger partial charge < -0.3 is 5.73 Å². The third kappa shape index (κ3) is 2.97. The fourth-order valence-electron chi connectivity index (χ4n) is 2.56. The molecule has 1 aliphatic rings. The summed E-state index contributed by atoms with van der Waals surface area (Å²) in [6.45, 7) is 3.56. The Bertz CT molecular complexity index is 559. The molecule has 0 aromatic heterocycles. The number of rotatable bonds is 5. The zero-order chi connectivity index (χ0) is 14.8. The minimum absolute atomic E-state index is 0.322. The Kier molecular flexibility index (Phi) is 4.67. The Morgan fingerprint density at radius 2 is 2.10 bits per heavy atom. The SMILES string of the molecule is CC1Cc2ccccc2N(S(=O)(=O)N(C)CCCN)C1. The molecule has 0 saturated heterocycles. The summed E-state index contributed by atoms with van der Waals surface area (Å²) in [7, 11) is -1.85. The highest BCUT2D eigenvalue weighted by atomic mass is 32.2. The van der Waals surface area contributed by atoms with Crippen molar-refractivity contribution in [3.05, 3.63) is 29.8 Å². The molecular weight excluding hydrogens is 274 g/mol. The van der Waals surface area contributed by atoms with Crippen LogP contribution in [0.3, 0.4) is 0 Å². The minimum atomic E-state index is -3.47. The van der Waals surface area contributed by atoms with Gasteiger partial charge in [-0.15, -0.1) is 0 Å². The summed E-state index contributed by atoms with van der Waals surface area (Å²) in [5.41, 5.74) is 7.37. The first kappa shape index (κ1) is 15.3. The fraction of sp³-hybridized carbons (Fsp3) is 0.571. The zero-order valence-electron chi connectivity index (χ0n) is 12.1. The van der Waals surface area contributed by atoms with E-state index in [-0.39, 0.29) is 0 Å². The van der Waals surface area contributed by atoms with Gasteiger partial charge in [0.25, 0.3) is 0 Å². The van der Waals surface area contributed by atoms with Crippen LogP contribution >= 0.6 is 0 Å². The van der Waals surface area contributed by atoms with Gasteiger partial charge in [0.05, 0.1) is 5.69 Å². The fourth-order valence-corrected chi connectivity index (χ4v) is 4.13. The van der Waals surface area contributed by atoms with E-state index in [2.05, 4.69) is 6.92 Å². The average molecular weight is 297 g/mol. The van der Waals surface area contributed by atoms with Crippen LogP contribution in [0.1, 0.15) is 18.9 Å². The standard InChI is InChI=1S/C14H23N3O2S/c1-12-10-13-6-3-4-7-14(13)17(11-12)20(18,19)16(2)9-5-8-15/h3-4,6-7,12H,5,8-11,15H2,1-2H3. The summed E-state index contributed by atoms with van der Waals surface area (Å²) in [5, 5.41) is 0. The molecule has 2 rings (SSSR count). The summed E-state index contributed by atoms with van der Waals surface area (Å²) < 4.78 is 28.4. The largest absolute Gasteiger partial charge is 0.330 e. The molecule has 20 heavy (non-hydrogen) atoms. The molecule has 1 atom stereocenters. The second kappa shape index (κ2) is 6.11. The van der Waals surface area contributed by atoms with E-state index in [4.69, 9.17) is 5.73 Å². The predicted octanol–water partition coefficient (Wildman–Crippen LogP) is 1.21. The van der Waals surface area contributed by atoms with Crippen molar-refractivity contribution in [2.75, 3.05) is 31.0 Å². The van der Waals surface area contributed by atoms with Gasteiger partial charge in [0.1, 0.15) is 0 Å². The molecule has 1 heterocycles. The molecule has 1 unspecified atom stereocenters. The van der Waals surface area contributed by atoms with Crippen molar-refractivity contribution < 1.29 is 8.42 Å². The minimum Gasteiger partial charge on any atom is -0.330 e. The highest BCUT2D eigenvalue weighted by Crippen LogP contribution is 2.32. The van der Waals surface area contributed by atoms with Crippen LogP contribution in [0.15, 0.2) is 24.3 Å². The highest BCUT2D eigenvalue weighted by molar-refractivity contribution is 7.90. The first-order chi connectivity index (χ1) is 9.46. The summed E-state index contributed by atoms with van der Waals surface area (Å²) >= 11 is 0. The molecule has 1 aromatic rings. The van der Waals surface area contributed by atoms with Crippen molar-refractivity contribution >= 4 is 15.9 Å². The normalized spacial score (nSPS) is 19.2. The van der Waals surface area contributed by atoms with E-state index >= 15 is 0 Å². The van der Waals surface area contributed by atoms with E-state index in [1.807, 2.05) is 24.3 Å². The van der Waals surface area contributed by atoms with Crippen molar-refractivity contribution in [3.8, 4) is 0 Å². The Hall–Kier alpha value is -1.11. The predicted molar refractivity (Wildman–Crippen MR) is 81.9 cm³/mol. The van der Waals surface area contributed by atoms with Crippen LogP contribution in [-0.4, -0.2) is 39.4 Å². The lowest BCUT2D eigenvalue weighted by Crippen LogP contribution is -2.46. The maximum absolute atomic E-state index is 12.7. The Morgan fingerprint density at radius 3 is 2.80 bits per heavy atom. The van der Waals surface area contributed by atoms with Gasteiger partial charge in [0, 0.05) is 20.1 Å². The maximum atomic E-state index is 12.7. The van der Waals surface area contributed by atoms with Gasteiger partial charge in [-0.05, 0) is 36.9 Å². The van der Waals surface area contributed by atoms with Crippen LogP contribution in [0.4, 0.5) is 5.69 Å². The molecule has 1 aromatic carbocycles. The van der Waals surface area contributed by atoms with E-state index in [9.17, 15) is 8.42 Å². The molecule has 0 fully saturated rings. The summed E-state index contributed by atoms with van der Waals surface area (Å²) in [4.78, 5) is 0. The number of nitrogens with zero attached hydrogens (tertiary/aromatic N) is 2. The number of benzene rings is 1. The number of hydrogen-bond donors (Lipinski definition) is 1. The summed E-state index contributed by atoms with van der Waals surface area (Å²) in [6, 6.07) is 7.74.